The molecule has 0 bridgehead atoms. The first-order valence-electron chi connectivity index (χ1n) is 16.4. The number of hydrogen-bond acceptors (Lipinski definition) is 5. The smallest absolute Gasteiger partial charge is 0.407 e. The van der Waals surface area contributed by atoms with E-state index >= 15 is 0 Å². The molecule has 0 spiro atoms. The maximum atomic E-state index is 13.1. The van der Waals surface area contributed by atoms with E-state index in [0.29, 0.717) is 12.3 Å². The first-order valence-corrected chi connectivity index (χ1v) is 17.4. The number of ether oxygens (including phenoxy) is 1. The largest absolute Gasteiger partial charge is 0.444 e. The van der Waals surface area contributed by atoms with E-state index in [1.807, 2.05) is 81.2 Å². The van der Waals surface area contributed by atoms with Gasteiger partial charge in [-0.2, -0.15) is 0 Å². The predicted molar refractivity (Wildman–Crippen MR) is 203 cm³/mol. The summed E-state index contributed by atoms with van der Waals surface area (Å²) in [5.74, 6) is 0.610. The number of anilines is 1. The lowest BCUT2D eigenvalue weighted by molar-refractivity contribution is 0.0512. The van der Waals surface area contributed by atoms with Crippen LogP contribution in [0.15, 0.2) is 145 Å². The summed E-state index contributed by atoms with van der Waals surface area (Å²) in [6, 6.07) is 48.1. The second-order valence-electron chi connectivity index (χ2n) is 12.9. The second-order valence-corrected chi connectivity index (χ2v) is 14.1. The Morgan fingerprint density at radius 3 is 1.92 bits per heavy atom. The number of aryl methyl sites for hydroxylation is 1. The van der Waals surface area contributed by atoms with Crippen LogP contribution in [-0.4, -0.2) is 36.2 Å². The molecule has 1 atom stereocenters. The first kappa shape index (κ1) is 34.5. The lowest BCUT2D eigenvalue weighted by Gasteiger charge is -2.37. The molecule has 0 fully saturated rings. The Morgan fingerprint density at radius 2 is 1.35 bits per heavy atom. The maximum absolute atomic E-state index is 13.1. The average molecular weight is 656 g/mol. The normalized spacial score (nSPS) is 12.4. The minimum atomic E-state index is -0.609. The molecule has 246 valence electrons. The van der Waals surface area contributed by atoms with Crippen LogP contribution in [-0.2, 0) is 15.9 Å². The maximum Gasteiger partial charge on any atom is 0.407 e. The Morgan fingerprint density at radius 1 is 0.771 bits per heavy atom. The molecule has 0 saturated heterocycles. The molecule has 0 aliphatic heterocycles. The predicted octanol–water partition coefficient (Wildman–Crippen LogP) is 9.97. The highest BCUT2D eigenvalue weighted by molar-refractivity contribution is 8.00. The Hall–Kier alpha value is -4.81. The zero-order valence-corrected chi connectivity index (χ0v) is 29.0. The zero-order chi connectivity index (χ0) is 33.8. The van der Waals surface area contributed by atoms with E-state index in [4.69, 9.17) is 9.73 Å². The van der Waals surface area contributed by atoms with Gasteiger partial charge in [0.1, 0.15) is 5.60 Å². The Kier molecular flexibility index (Phi) is 11.8. The molecule has 0 saturated carbocycles. The summed E-state index contributed by atoms with van der Waals surface area (Å²) in [5.41, 5.74) is 7.19. The Bertz CT molecular complexity index is 1670. The average Bonchev–Trinajstić information content (AvgIpc) is 3.08. The van der Waals surface area contributed by atoms with Gasteiger partial charge in [0.15, 0.2) is 0 Å². The molecular weight excluding hydrogens is 611 g/mol. The van der Waals surface area contributed by atoms with Crippen LogP contribution in [0, 0.1) is 6.92 Å². The number of carbonyl (C=O) groups excluding carboxylic acids is 1. The zero-order valence-electron chi connectivity index (χ0n) is 28.2. The fourth-order valence-corrected chi connectivity index (χ4v) is 7.21. The third-order valence-corrected chi connectivity index (χ3v) is 9.52. The summed E-state index contributed by atoms with van der Waals surface area (Å²) in [6.07, 6.45) is 2.28. The SMILES string of the molecule is Cc1cccc(CC=Nc2cccc(NC[C@H](CSC(c3ccccc3)(c3ccccc3)c3ccccc3)NC(=O)OC(C)(C)C)c2)c1. The molecule has 5 aromatic carbocycles. The van der Waals surface area contributed by atoms with Gasteiger partial charge in [0.05, 0.1) is 16.5 Å². The van der Waals surface area contributed by atoms with Crippen molar-refractivity contribution in [1.29, 1.82) is 0 Å². The van der Waals surface area contributed by atoms with Crippen molar-refractivity contribution in [2.24, 2.45) is 4.99 Å². The molecule has 48 heavy (non-hydrogen) atoms. The van der Waals surface area contributed by atoms with E-state index in [1.54, 1.807) is 0 Å². The molecule has 0 unspecified atom stereocenters. The van der Waals surface area contributed by atoms with Gasteiger partial charge in [-0.25, -0.2) is 4.79 Å². The first-order chi connectivity index (χ1) is 23.2. The van der Waals surface area contributed by atoms with Crippen molar-refractivity contribution < 1.29 is 9.53 Å². The fourth-order valence-electron chi connectivity index (χ4n) is 5.65. The van der Waals surface area contributed by atoms with Crippen LogP contribution >= 0.6 is 11.8 Å². The molecule has 0 radical (unpaired) electrons. The molecular formula is C42H45N3O2S. The highest BCUT2D eigenvalue weighted by atomic mass is 32.2. The molecule has 6 heteroatoms. The van der Waals surface area contributed by atoms with Crippen molar-refractivity contribution in [3.63, 3.8) is 0 Å². The number of nitrogens with one attached hydrogen (secondary N) is 2. The topological polar surface area (TPSA) is 62.7 Å². The van der Waals surface area contributed by atoms with Crippen LogP contribution in [0.5, 0.6) is 0 Å². The molecule has 5 rings (SSSR count). The summed E-state index contributed by atoms with van der Waals surface area (Å²) in [6.45, 7) is 8.24. The van der Waals surface area contributed by atoms with Gasteiger partial charge in [0.2, 0.25) is 0 Å². The quantitative estimate of drug-likeness (QED) is 0.0979. The monoisotopic (exact) mass is 655 g/mol. The minimum Gasteiger partial charge on any atom is -0.444 e. The summed E-state index contributed by atoms with van der Waals surface area (Å²) in [5, 5.41) is 6.74. The van der Waals surface area contributed by atoms with E-state index < -0.39 is 16.4 Å². The third-order valence-electron chi connectivity index (χ3n) is 7.81. The van der Waals surface area contributed by atoms with Crippen molar-refractivity contribution >= 4 is 35.4 Å². The lowest BCUT2D eigenvalue weighted by Crippen LogP contribution is -2.45. The van der Waals surface area contributed by atoms with Gasteiger partial charge in [-0.1, -0.05) is 127 Å². The Labute approximate surface area is 289 Å². The van der Waals surface area contributed by atoms with Crippen molar-refractivity contribution in [3.05, 3.63) is 167 Å². The van der Waals surface area contributed by atoms with E-state index in [9.17, 15) is 4.79 Å². The number of nitrogens with zero attached hydrogens (tertiary/aromatic N) is 1. The number of benzene rings is 5. The van der Waals surface area contributed by atoms with Crippen molar-refractivity contribution in [1.82, 2.24) is 5.32 Å². The number of hydrogen-bond donors (Lipinski definition) is 2. The minimum absolute atomic E-state index is 0.256. The third kappa shape index (κ3) is 9.61. The van der Waals surface area contributed by atoms with E-state index in [-0.39, 0.29) is 6.04 Å². The summed E-state index contributed by atoms with van der Waals surface area (Å²) >= 11 is 1.81. The van der Waals surface area contributed by atoms with E-state index in [2.05, 4.69) is 115 Å². The van der Waals surface area contributed by atoms with Gasteiger partial charge in [0.25, 0.3) is 0 Å². The summed E-state index contributed by atoms with van der Waals surface area (Å²) in [4.78, 5) is 17.9. The molecule has 0 aromatic heterocycles. The summed E-state index contributed by atoms with van der Waals surface area (Å²) in [7, 11) is 0. The Balaban J connectivity index is 1.39. The number of amides is 1. The highest BCUT2D eigenvalue weighted by Crippen LogP contribution is 2.48. The second kappa shape index (κ2) is 16.3. The van der Waals surface area contributed by atoms with Gasteiger partial charge in [-0.05, 0) is 68.1 Å². The van der Waals surface area contributed by atoms with Gasteiger partial charge in [-0.3, -0.25) is 4.99 Å². The molecule has 2 N–H and O–H groups in total. The van der Waals surface area contributed by atoms with Gasteiger partial charge in [-0.15, -0.1) is 11.8 Å². The molecule has 5 nitrogen and oxygen atoms in total. The molecule has 0 heterocycles. The number of aliphatic imine (C=N–C) groups is 1. The van der Waals surface area contributed by atoms with E-state index in [0.717, 1.165) is 17.8 Å². The van der Waals surface area contributed by atoms with Crippen molar-refractivity contribution in [2.45, 2.75) is 50.5 Å². The van der Waals surface area contributed by atoms with Crippen LogP contribution in [0.25, 0.3) is 0 Å². The van der Waals surface area contributed by atoms with Crippen LogP contribution in [0.3, 0.4) is 0 Å². The number of alkyl carbamates (subject to hydrolysis) is 1. The molecule has 5 aromatic rings. The highest BCUT2D eigenvalue weighted by Gasteiger charge is 2.37. The van der Waals surface area contributed by atoms with Crippen molar-refractivity contribution in [3.8, 4) is 0 Å². The molecule has 0 aliphatic rings. The molecule has 1 amide bonds. The van der Waals surface area contributed by atoms with Crippen LogP contribution in [0.2, 0.25) is 0 Å². The van der Waals surface area contributed by atoms with Crippen LogP contribution < -0.4 is 10.6 Å². The number of carbonyl (C=O) groups is 1. The van der Waals surface area contributed by atoms with Gasteiger partial charge in [0, 0.05) is 30.6 Å². The van der Waals surface area contributed by atoms with E-state index in [1.165, 1.54) is 27.8 Å². The summed E-state index contributed by atoms with van der Waals surface area (Å²) < 4.78 is 5.20. The fraction of sp³-hybridized carbons (Fsp3) is 0.238. The molecule has 0 aliphatic carbocycles. The standard InChI is InChI=1S/C42H45N3O2S/c1-32-16-14-17-33(28-32)26-27-43-37-24-15-25-38(29-37)44-30-39(45-40(46)47-41(2,3)4)31-48-42(34-18-8-5-9-19-34,35-20-10-6-11-21-35)36-22-12-7-13-23-36/h5-25,27-29,39,44H,26,30-31H2,1-4H3,(H,45,46)/t39-/m1/s1. The number of thioether (sulfide) groups is 1. The lowest BCUT2D eigenvalue weighted by atomic mass is 9.84. The van der Waals surface area contributed by atoms with Crippen molar-refractivity contribution in [2.75, 3.05) is 17.6 Å². The number of rotatable bonds is 13. The van der Waals surface area contributed by atoms with Gasteiger partial charge < -0.3 is 15.4 Å². The van der Waals surface area contributed by atoms with Crippen LogP contribution in [0.4, 0.5) is 16.2 Å². The van der Waals surface area contributed by atoms with Crippen LogP contribution in [0.1, 0.15) is 48.6 Å². The van der Waals surface area contributed by atoms with Gasteiger partial charge >= 0.3 is 6.09 Å².